The van der Waals surface area contributed by atoms with Crippen molar-refractivity contribution in [1.82, 2.24) is 9.80 Å². The Bertz CT molecular complexity index is 736. The molecule has 0 radical (unpaired) electrons. The molecule has 124 valence electrons. The molecule has 0 atom stereocenters. The summed E-state index contributed by atoms with van der Waals surface area (Å²) in [6, 6.07) is 18.1. The number of amides is 1. The fourth-order valence-electron chi connectivity index (χ4n) is 3.81. The number of fused-ring (bicyclic) bond motifs is 1. The van der Waals surface area contributed by atoms with Gasteiger partial charge in [0, 0.05) is 38.2 Å². The van der Waals surface area contributed by atoms with Crippen LogP contribution in [0.4, 0.5) is 5.69 Å². The maximum absolute atomic E-state index is 13.2. The number of hydrogen-bond acceptors (Lipinski definition) is 3. The number of likely N-dealkylation sites (tertiary alicyclic amines) is 1. The molecule has 2 aromatic carbocycles. The zero-order valence-corrected chi connectivity index (χ0v) is 14.0. The summed E-state index contributed by atoms with van der Waals surface area (Å²) < 4.78 is 0. The van der Waals surface area contributed by atoms with Gasteiger partial charge in [-0.05, 0) is 24.7 Å². The Morgan fingerprint density at radius 3 is 2.42 bits per heavy atom. The van der Waals surface area contributed by atoms with Crippen LogP contribution in [0.25, 0.3) is 0 Å². The van der Waals surface area contributed by atoms with Gasteiger partial charge in [0.15, 0.2) is 0 Å². The highest BCUT2D eigenvalue weighted by Gasteiger charge is 2.45. The Balaban J connectivity index is 1.73. The predicted octanol–water partition coefficient (Wildman–Crippen LogP) is 3.18. The van der Waals surface area contributed by atoms with Gasteiger partial charge in [-0.3, -0.25) is 4.79 Å². The van der Waals surface area contributed by atoms with Crippen LogP contribution in [0.2, 0.25) is 0 Å². The summed E-state index contributed by atoms with van der Waals surface area (Å²) in [4.78, 5) is 17.6. The molecule has 1 fully saturated rings. The first-order valence-corrected chi connectivity index (χ1v) is 8.60. The molecule has 2 heterocycles. The molecule has 0 bridgehead atoms. The molecule has 0 aromatic heterocycles. The number of rotatable bonds is 2. The van der Waals surface area contributed by atoms with Crippen LogP contribution >= 0.6 is 0 Å². The molecule has 4 nitrogen and oxygen atoms in total. The lowest BCUT2D eigenvalue weighted by Crippen LogP contribution is -2.63. The molecule has 0 aliphatic carbocycles. The van der Waals surface area contributed by atoms with Crippen molar-refractivity contribution in [2.24, 2.45) is 0 Å². The molecule has 0 saturated carbocycles. The number of piperidine rings is 1. The minimum absolute atomic E-state index is 0.137. The van der Waals surface area contributed by atoms with Gasteiger partial charge in [-0.2, -0.15) is 0 Å². The van der Waals surface area contributed by atoms with Crippen LogP contribution < -0.4 is 5.32 Å². The van der Waals surface area contributed by atoms with Crippen LogP contribution in [0.15, 0.2) is 54.6 Å². The smallest absolute Gasteiger partial charge is 0.258 e. The highest BCUT2D eigenvalue weighted by molar-refractivity contribution is 6.02. The first-order chi connectivity index (χ1) is 11.7. The molecule has 1 amide bonds. The molecule has 24 heavy (non-hydrogen) atoms. The summed E-state index contributed by atoms with van der Waals surface area (Å²) in [5, 5.41) is 3.71. The third-order valence-electron chi connectivity index (χ3n) is 5.28. The van der Waals surface area contributed by atoms with E-state index in [0.717, 1.165) is 37.2 Å². The summed E-state index contributed by atoms with van der Waals surface area (Å²) in [5.74, 6) is 0.137. The first kappa shape index (κ1) is 15.2. The van der Waals surface area contributed by atoms with Gasteiger partial charge in [0.05, 0.1) is 5.56 Å². The van der Waals surface area contributed by atoms with E-state index in [0.29, 0.717) is 6.54 Å². The summed E-state index contributed by atoms with van der Waals surface area (Å²) >= 11 is 0. The van der Waals surface area contributed by atoms with E-state index in [2.05, 4.69) is 34.3 Å². The Hall–Kier alpha value is -2.33. The van der Waals surface area contributed by atoms with E-state index in [-0.39, 0.29) is 11.6 Å². The van der Waals surface area contributed by atoms with Crippen molar-refractivity contribution in [2.45, 2.75) is 25.0 Å². The maximum atomic E-state index is 13.2. The quantitative estimate of drug-likeness (QED) is 0.923. The van der Waals surface area contributed by atoms with Crippen molar-refractivity contribution in [2.75, 3.05) is 25.5 Å². The Labute approximate surface area is 143 Å². The normalized spacial score (nSPS) is 19.9. The minimum atomic E-state index is -0.284. The van der Waals surface area contributed by atoms with Gasteiger partial charge in [-0.15, -0.1) is 0 Å². The Morgan fingerprint density at radius 2 is 1.67 bits per heavy atom. The topological polar surface area (TPSA) is 35.6 Å². The van der Waals surface area contributed by atoms with E-state index in [9.17, 15) is 4.79 Å². The van der Waals surface area contributed by atoms with Gasteiger partial charge < -0.3 is 15.1 Å². The van der Waals surface area contributed by atoms with Crippen LogP contribution in [0, 0.1) is 0 Å². The fourth-order valence-corrected chi connectivity index (χ4v) is 3.81. The largest absolute Gasteiger partial charge is 0.362 e. The van der Waals surface area contributed by atoms with Crippen molar-refractivity contribution in [3.63, 3.8) is 0 Å². The molecule has 1 spiro atoms. The molecule has 4 heteroatoms. The zero-order valence-electron chi connectivity index (χ0n) is 14.0. The SMILES string of the molecule is CN1CCC2(CC1)Nc1ccccc1C(=O)N2Cc1ccccc1. The van der Waals surface area contributed by atoms with E-state index in [1.165, 1.54) is 5.56 Å². The number of nitrogens with zero attached hydrogens (tertiary/aromatic N) is 2. The van der Waals surface area contributed by atoms with Gasteiger partial charge in [0.1, 0.15) is 5.66 Å². The van der Waals surface area contributed by atoms with Gasteiger partial charge in [-0.1, -0.05) is 42.5 Å². The predicted molar refractivity (Wildman–Crippen MR) is 95.8 cm³/mol. The second-order valence-electron chi connectivity index (χ2n) is 6.88. The second-order valence-corrected chi connectivity index (χ2v) is 6.88. The standard InChI is InChI=1S/C20H23N3O/c1-22-13-11-20(12-14-22)21-18-10-6-5-9-17(18)19(24)23(20)15-16-7-3-2-4-8-16/h2-10,21H,11-15H2,1H3. The Kier molecular flexibility index (Phi) is 3.77. The van der Waals surface area contributed by atoms with Gasteiger partial charge in [0.25, 0.3) is 5.91 Å². The third-order valence-corrected chi connectivity index (χ3v) is 5.28. The number of benzene rings is 2. The Morgan fingerprint density at radius 1 is 1.00 bits per heavy atom. The molecule has 1 saturated heterocycles. The van der Waals surface area contributed by atoms with E-state index < -0.39 is 0 Å². The number of carbonyl (C=O) groups excluding carboxylic acids is 1. The van der Waals surface area contributed by atoms with Crippen molar-refractivity contribution < 1.29 is 4.79 Å². The molecule has 0 unspecified atom stereocenters. The van der Waals surface area contributed by atoms with E-state index >= 15 is 0 Å². The lowest BCUT2D eigenvalue weighted by Gasteiger charge is -2.52. The van der Waals surface area contributed by atoms with Crippen molar-refractivity contribution in [1.29, 1.82) is 0 Å². The molecule has 1 N–H and O–H groups in total. The van der Waals surface area contributed by atoms with Crippen molar-refractivity contribution >= 4 is 11.6 Å². The fraction of sp³-hybridized carbons (Fsp3) is 0.350. The van der Waals surface area contributed by atoms with Gasteiger partial charge in [-0.25, -0.2) is 0 Å². The van der Waals surface area contributed by atoms with Crippen molar-refractivity contribution in [3.8, 4) is 0 Å². The average Bonchev–Trinajstić information content (AvgIpc) is 2.62. The van der Waals surface area contributed by atoms with E-state index in [1.807, 2.05) is 42.5 Å². The second kappa shape index (κ2) is 5.95. The number of anilines is 1. The van der Waals surface area contributed by atoms with Crippen LogP contribution in [0.1, 0.15) is 28.8 Å². The summed E-state index contributed by atoms with van der Waals surface area (Å²) in [6.45, 7) is 2.63. The average molecular weight is 321 g/mol. The molecular formula is C20H23N3O. The minimum Gasteiger partial charge on any atom is -0.362 e. The van der Waals surface area contributed by atoms with Crippen LogP contribution in [0.3, 0.4) is 0 Å². The molecule has 2 aliphatic heterocycles. The molecular weight excluding hydrogens is 298 g/mol. The van der Waals surface area contributed by atoms with Crippen LogP contribution in [0.5, 0.6) is 0 Å². The highest BCUT2D eigenvalue weighted by Crippen LogP contribution is 2.38. The van der Waals surface area contributed by atoms with Crippen LogP contribution in [-0.4, -0.2) is 41.5 Å². The summed E-state index contributed by atoms with van der Waals surface area (Å²) in [6.07, 6.45) is 1.88. The number of nitrogens with one attached hydrogen (secondary N) is 1. The van der Waals surface area contributed by atoms with E-state index in [4.69, 9.17) is 0 Å². The first-order valence-electron chi connectivity index (χ1n) is 8.60. The molecule has 4 rings (SSSR count). The number of para-hydroxylation sites is 1. The van der Waals surface area contributed by atoms with Gasteiger partial charge >= 0.3 is 0 Å². The summed E-state index contributed by atoms with van der Waals surface area (Å²) in [7, 11) is 2.15. The third kappa shape index (κ3) is 2.57. The van der Waals surface area contributed by atoms with Crippen LogP contribution in [-0.2, 0) is 6.54 Å². The molecule has 2 aromatic rings. The lowest BCUT2D eigenvalue weighted by atomic mass is 9.89. The molecule has 2 aliphatic rings. The maximum Gasteiger partial charge on any atom is 0.258 e. The highest BCUT2D eigenvalue weighted by atomic mass is 16.2. The van der Waals surface area contributed by atoms with Crippen molar-refractivity contribution in [3.05, 3.63) is 65.7 Å². The van der Waals surface area contributed by atoms with E-state index in [1.54, 1.807) is 0 Å². The van der Waals surface area contributed by atoms with Gasteiger partial charge in [0.2, 0.25) is 0 Å². The zero-order chi connectivity index (χ0) is 16.6. The number of carbonyl (C=O) groups is 1. The monoisotopic (exact) mass is 321 g/mol. The summed E-state index contributed by atoms with van der Waals surface area (Å²) in [5.41, 5.74) is 2.63. The number of hydrogen-bond donors (Lipinski definition) is 1. The lowest BCUT2D eigenvalue weighted by molar-refractivity contribution is 0.0270.